The lowest BCUT2D eigenvalue weighted by atomic mass is 10.1. The largest absolute Gasteiger partial charge is 0.624 e. The molecular weight excluding hydrogens is 387 g/mol. The van der Waals surface area contributed by atoms with Crippen LogP contribution < -0.4 is 4.89 Å². The fourth-order valence-corrected chi connectivity index (χ4v) is 5.77. The first kappa shape index (κ1) is 17.6. The van der Waals surface area contributed by atoms with Crippen LogP contribution in [0.5, 0.6) is 0 Å². The number of rotatable bonds is 4. The minimum atomic E-state index is -3.26. The summed E-state index contributed by atoms with van der Waals surface area (Å²) in [6, 6.07) is 19.7. The highest BCUT2D eigenvalue weighted by Crippen LogP contribution is 2.70. The highest BCUT2D eigenvalue weighted by Gasteiger charge is 2.47. The van der Waals surface area contributed by atoms with Gasteiger partial charge < -0.3 is 9.42 Å². The Kier molecular flexibility index (Phi) is 5.72. The highest BCUT2D eigenvalue weighted by atomic mass is 79.9. The molecule has 0 bridgehead atoms. The molecule has 5 heteroatoms. The number of hydrogen-bond acceptors (Lipinski definition) is 3. The second kappa shape index (κ2) is 7.79. The fourth-order valence-electron chi connectivity index (χ4n) is 2.90. The van der Waals surface area contributed by atoms with Crippen LogP contribution in [0.3, 0.4) is 0 Å². The Labute approximate surface area is 152 Å². The van der Waals surface area contributed by atoms with E-state index >= 15 is 0 Å². The number of benzene rings is 2. The number of allylic oxidation sites excluding steroid dienone is 1. The van der Waals surface area contributed by atoms with Gasteiger partial charge in [0.2, 0.25) is 0 Å². The second-order valence-electron chi connectivity index (χ2n) is 5.62. The summed E-state index contributed by atoms with van der Waals surface area (Å²) in [6.45, 7) is 2.20. The van der Waals surface area contributed by atoms with Crippen LogP contribution in [-0.4, -0.2) is 6.61 Å². The molecule has 2 aromatic rings. The van der Waals surface area contributed by atoms with Crippen LogP contribution in [0.4, 0.5) is 0 Å². The summed E-state index contributed by atoms with van der Waals surface area (Å²) >= 11 is 3.60. The molecule has 1 aliphatic heterocycles. The maximum Gasteiger partial charge on any atom is 0.291 e. The van der Waals surface area contributed by atoms with Gasteiger partial charge in [-0.15, -0.1) is 0 Å². The van der Waals surface area contributed by atoms with Crippen molar-refractivity contribution in [3.63, 3.8) is 0 Å². The van der Waals surface area contributed by atoms with Crippen molar-refractivity contribution in [2.24, 2.45) is 0 Å². The topological polar surface area (TPSA) is 41.5 Å². The van der Waals surface area contributed by atoms with E-state index in [1.54, 1.807) is 0 Å². The first-order valence-electron chi connectivity index (χ1n) is 8.07. The molecule has 1 aliphatic rings. The molecule has 1 fully saturated rings. The van der Waals surface area contributed by atoms with Crippen LogP contribution in [0.15, 0.2) is 66.4 Å². The Morgan fingerprint density at radius 2 is 1.79 bits per heavy atom. The van der Waals surface area contributed by atoms with E-state index in [0.29, 0.717) is 18.8 Å². The smallest absolute Gasteiger partial charge is 0.291 e. The van der Waals surface area contributed by atoms with E-state index in [4.69, 9.17) is 9.05 Å². The summed E-state index contributed by atoms with van der Waals surface area (Å²) in [5, 5.41) is 0. The third kappa shape index (κ3) is 3.73. The van der Waals surface area contributed by atoms with Crippen LogP contribution in [0.1, 0.15) is 36.6 Å². The van der Waals surface area contributed by atoms with Gasteiger partial charge in [0.15, 0.2) is 11.4 Å². The highest BCUT2D eigenvalue weighted by molar-refractivity contribution is 9.15. The molecule has 3 rings (SSSR count). The van der Waals surface area contributed by atoms with Gasteiger partial charge in [0.25, 0.3) is 7.94 Å². The van der Waals surface area contributed by atoms with Gasteiger partial charge in [0, 0.05) is 12.8 Å². The molecule has 0 N–H and O–H groups in total. The molecule has 0 aromatic heterocycles. The molecule has 1 saturated heterocycles. The van der Waals surface area contributed by atoms with Crippen molar-refractivity contribution in [2.75, 3.05) is 6.61 Å². The number of hydrogen-bond donors (Lipinski definition) is 0. The molecule has 2 aromatic carbocycles. The van der Waals surface area contributed by atoms with Crippen molar-refractivity contribution < 1.29 is 13.9 Å². The Morgan fingerprint density at radius 1 is 1.17 bits per heavy atom. The Morgan fingerprint density at radius 3 is 2.42 bits per heavy atom. The minimum Gasteiger partial charge on any atom is -0.624 e. The Balaban J connectivity index is 1.92. The molecule has 126 valence electrons. The third-order valence-corrected chi connectivity index (χ3v) is 7.34. The monoisotopic (exact) mass is 406 g/mol. The van der Waals surface area contributed by atoms with E-state index in [9.17, 15) is 4.89 Å². The summed E-state index contributed by atoms with van der Waals surface area (Å²) in [4.78, 5) is 13.4. The van der Waals surface area contributed by atoms with Gasteiger partial charge in [-0.2, -0.15) is 0 Å². The number of halogens is 1. The van der Waals surface area contributed by atoms with Crippen LogP contribution in [-0.2, 0) is 9.05 Å². The molecule has 3 nitrogen and oxygen atoms in total. The lowest BCUT2D eigenvalue weighted by Gasteiger charge is -2.38. The lowest BCUT2D eigenvalue weighted by Crippen LogP contribution is -2.26. The minimum absolute atomic E-state index is 0.224. The molecule has 0 saturated carbocycles. The van der Waals surface area contributed by atoms with Crippen molar-refractivity contribution in [3.05, 3.63) is 77.5 Å². The van der Waals surface area contributed by atoms with Gasteiger partial charge in [-0.1, -0.05) is 60.7 Å². The average molecular weight is 407 g/mol. The molecule has 0 aliphatic carbocycles. The van der Waals surface area contributed by atoms with E-state index in [1.807, 2.05) is 67.6 Å². The van der Waals surface area contributed by atoms with Gasteiger partial charge in [-0.25, -0.2) is 4.52 Å². The van der Waals surface area contributed by atoms with E-state index in [2.05, 4.69) is 15.9 Å². The zero-order chi connectivity index (χ0) is 17.0. The van der Waals surface area contributed by atoms with Gasteiger partial charge in [-0.05, 0) is 34.0 Å². The van der Waals surface area contributed by atoms with Crippen LogP contribution in [0, 0.1) is 0 Å². The average Bonchev–Trinajstić information content (AvgIpc) is 2.62. The van der Waals surface area contributed by atoms with Crippen molar-refractivity contribution in [1.82, 2.24) is 0 Å². The Bertz CT molecular complexity index is 705. The Hall–Kier alpha value is -1.19. The molecule has 24 heavy (non-hydrogen) atoms. The molecule has 0 radical (unpaired) electrons. The normalized spacial score (nSPS) is 25.9. The second-order valence-corrected chi connectivity index (χ2v) is 8.55. The van der Waals surface area contributed by atoms with Crippen molar-refractivity contribution in [3.8, 4) is 0 Å². The standard InChI is InChI=1S/C19H20BrO3P/c1-2-22-24(21)18(15-9-5-3-6-10-15)14-13-17(23-24)19(20)16-11-7-4-8-12-16/h3-12,18H,2,13-14H2,1H3/b19-17+. The zero-order valence-electron chi connectivity index (χ0n) is 13.5. The summed E-state index contributed by atoms with van der Waals surface area (Å²) in [7, 11) is -3.26. The molecule has 0 amide bonds. The maximum atomic E-state index is 13.4. The first-order chi connectivity index (χ1) is 11.6. The molecule has 1 heterocycles. The van der Waals surface area contributed by atoms with Gasteiger partial charge in [0.05, 0.1) is 11.1 Å². The quantitative estimate of drug-likeness (QED) is 0.632. The van der Waals surface area contributed by atoms with Crippen LogP contribution >= 0.6 is 23.9 Å². The van der Waals surface area contributed by atoms with Crippen molar-refractivity contribution in [1.29, 1.82) is 0 Å². The van der Waals surface area contributed by atoms with E-state index in [-0.39, 0.29) is 5.66 Å². The van der Waals surface area contributed by atoms with Crippen molar-refractivity contribution >= 4 is 28.4 Å². The molecule has 2 atom stereocenters. The molecule has 0 spiro atoms. The van der Waals surface area contributed by atoms with Crippen LogP contribution in [0.25, 0.3) is 4.48 Å². The zero-order valence-corrected chi connectivity index (χ0v) is 16.0. The van der Waals surface area contributed by atoms with Gasteiger partial charge in [-0.3, -0.25) is 0 Å². The van der Waals surface area contributed by atoms with E-state index in [0.717, 1.165) is 22.0 Å². The summed E-state index contributed by atoms with van der Waals surface area (Å²) in [6.07, 6.45) is 1.45. The lowest BCUT2D eigenvalue weighted by molar-refractivity contribution is -0.220. The van der Waals surface area contributed by atoms with E-state index in [1.165, 1.54) is 0 Å². The van der Waals surface area contributed by atoms with Crippen LogP contribution in [0.2, 0.25) is 0 Å². The predicted octanol–water partition coefficient (Wildman–Crippen LogP) is 5.46. The summed E-state index contributed by atoms with van der Waals surface area (Å²) in [5.74, 6) is 0.699. The third-order valence-electron chi connectivity index (χ3n) is 4.03. The molecule has 2 unspecified atom stereocenters. The van der Waals surface area contributed by atoms with E-state index < -0.39 is 7.94 Å². The van der Waals surface area contributed by atoms with Gasteiger partial charge >= 0.3 is 0 Å². The first-order valence-corrected chi connectivity index (χ1v) is 10.5. The fraction of sp³-hybridized carbons (Fsp3) is 0.263. The summed E-state index contributed by atoms with van der Waals surface area (Å²) < 4.78 is 12.4. The van der Waals surface area contributed by atoms with Gasteiger partial charge in [0.1, 0.15) is 0 Å². The maximum absolute atomic E-state index is 13.4. The summed E-state index contributed by atoms with van der Waals surface area (Å²) in [5.41, 5.74) is 1.79. The SMILES string of the molecule is CCO[P+]1([O-])O/C(=C(/Br)c2ccccc2)CCC1c1ccccc1. The van der Waals surface area contributed by atoms with Crippen molar-refractivity contribution in [2.45, 2.75) is 25.4 Å². The molecular formula is C19H20BrO3P. The predicted molar refractivity (Wildman–Crippen MR) is 100 cm³/mol.